The van der Waals surface area contributed by atoms with E-state index in [-0.39, 0.29) is 28.1 Å². The van der Waals surface area contributed by atoms with Crippen molar-refractivity contribution in [2.24, 2.45) is 0 Å². The second-order valence-corrected chi connectivity index (χ2v) is 10.3. The average molecular weight is 490 g/mol. The number of rotatable bonds is 12. The Kier molecular flexibility index (Phi) is 10.1. The van der Waals surface area contributed by atoms with Crippen LogP contribution in [-0.4, -0.2) is 69.1 Å². The molecule has 0 saturated carbocycles. The maximum Gasteiger partial charge on any atom is 0.338 e. The van der Waals surface area contributed by atoms with Crippen LogP contribution >= 0.6 is 11.6 Å². The van der Waals surface area contributed by atoms with E-state index >= 15 is 0 Å². The van der Waals surface area contributed by atoms with Crippen molar-refractivity contribution in [1.82, 2.24) is 4.90 Å². The quantitative estimate of drug-likeness (QED) is 0.414. The SMILES string of the molecule is CCCCN(C(=O)COC(=O)c1cc(Cl)c(OCCC)c(OCC)c1)C1CCS(=O)(=O)C1. The van der Waals surface area contributed by atoms with Gasteiger partial charge in [0, 0.05) is 12.6 Å². The number of ether oxygens (including phenoxy) is 3. The van der Waals surface area contributed by atoms with Crippen LogP contribution in [0.2, 0.25) is 5.02 Å². The molecule has 180 valence electrons. The number of benzene rings is 1. The molecule has 1 saturated heterocycles. The van der Waals surface area contributed by atoms with Crippen molar-refractivity contribution in [3.05, 3.63) is 22.7 Å². The van der Waals surface area contributed by atoms with E-state index in [1.165, 1.54) is 17.0 Å². The standard InChI is InChI=1S/C22H32ClNO7S/c1-4-7-9-24(17-8-11-32(27,28)15-17)20(25)14-31-22(26)16-12-18(23)21(30-10-5-2)19(13-16)29-6-3/h12-13,17H,4-11,14-15H2,1-3H3. The molecule has 1 aliphatic rings. The van der Waals surface area contributed by atoms with Gasteiger partial charge in [-0.15, -0.1) is 0 Å². The summed E-state index contributed by atoms with van der Waals surface area (Å²) in [6.07, 6.45) is 2.78. The highest BCUT2D eigenvalue weighted by Gasteiger charge is 2.34. The molecule has 1 heterocycles. The van der Waals surface area contributed by atoms with E-state index in [0.717, 1.165) is 19.3 Å². The first-order valence-electron chi connectivity index (χ1n) is 11.0. The van der Waals surface area contributed by atoms with Crippen LogP contribution in [0.1, 0.15) is 56.8 Å². The van der Waals surface area contributed by atoms with Crippen molar-refractivity contribution >= 4 is 33.3 Å². The summed E-state index contributed by atoms with van der Waals surface area (Å²) in [5.74, 6) is -0.434. The van der Waals surface area contributed by atoms with Crippen LogP contribution < -0.4 is 9.47 Å². The van der Waals surface area contributed by atoms with Crippen LogP contribution in [0, 0.1) is 0 Å². The zero-order valence-electron chi connectivity index (χ0n) is 18.9. The van der Waals surface area contributed by atoms with Crippen LogP contribution in [0.5, 0.6) is 11.5 Å². The Balaban J connectivity index is 2.09. The summed E-state index contributed by atoms with van der Waals surface area (Å²) in [7, 11) is -3.14. The molecule has 8 nitrogen and oxygen atoms in total. The molecule has 10 heteroatoms. The minimum absolute atomic E-state index is 0.0526. The average Bonchev–Trinajstić information content (AvgIpc) is 3.11. The first kappa shape index (κ1) is 26.3. The highest BCUT2D eigenvalue weighted by atomic mass is 35.5. The largest absolute Gasteiger partial charge is 0.490 e. The van der Waals surface area contributed by atoms with E-state index in [0.29, 0.717) is 37.7 Å². The summed E-state index contributed by atoms with van der Waals surface area (Å²) < 4.78 is 40.1. The minimum Gasteiger partial charge on any atom is -0.490 e. The molecule has 1 aromatic rings. The summed E-state index contributed by atoms with van der Waals surface area (Å²) in [6, 6.07) is 2.51. The Morgan fingerprint density at radius 2 is 1.91 bits per heavy atom. The normalized spacial score (nSPS) is 17.1. The molecular formula is C22H32ClNO7S. The van der Waals surface area contributed by atoms with Gasteiger partial charge in [-0.25, -0.2) is 13.2 Å². The van der Waals surface area contributed by atoms with Crippen LogP contribution in [0.3, 0.4) is 0 Å². The van der Waals surface area contributed by atoms with E-state index in [2.05, 4.69) is 0 Å². The minimum atomic E-state index is -3.14. The van der Waals surface area contributed by atoms with Gasteiger partial charge in [-0.1, -0.05) is 31.9 Å². The topological polar surface area (TPSA) is 99.2 Å². The van der Waals surface area contributed by atoms with Crippen molar-refractivity contribution in [1.29, 1.82) is 0 Å². The highest BCUT2D eigenvalue weighted by Crippen LogP contribution is 2.37. The second-order valence-electron chi connectivity index (χ2n) is 7.64. The van der Waals surface area contributed by atoms with Gasteiger partial charge in [0.15, 0.2) is 27.9 Å². The summed E-state index contributed by atoms with van der Waals surface area (Å²) in [5.41, 5.74) is 0.138. The monoisotopic (exact) mass is 489 g/mol. The van der Waals surface area contributed by atoms with Crippen LogP contribution in [-0.2, 0) is 19.4 Å². The maximum atomic E-state index is 12.8. The van der Waals surface area contributed by atoms with Gasteiger partial charge in [-0.3, -0.25) is 4.79 Å². The number of hydrogen-bond donors (Lipinski definition) is 0. The number of nitrogens with zero attached hydrogens (tertiary/aromatic N) is 1. The predicted molar refractivity (Wildman–Crippen MR) is 122 cm³/mol. The number of unbranched alkanes of at least 4 members (excludes halogenated alkanes) is 1. The highest BCUT2D eigenvalue weighted by molar-refractivity contribution is 7.91. The first-order valence-corrected chi connectivity index (χ1v) is 13.2. The number of amides is 1. The zero-order chi connectivity index (χ0) is 23.7. The van der Waals surface area contributed by atoms with Gasteiger partial charge in [0.1, 0.15) is 0 Å². The number of halogens is 1. The van der Waals surface area contributed by atoms with E-state index < -0.39 is 28.3 Å². The van der Waals surface area contributed by atoms with E-state index in [4.69, 9.17) is 25.8 Å². The first-order chi connectivity index (χ1) is 15.2. The van der Waals surface area contributed by atoms with Crippen molar-refractivity contribution in [2.45, 2.75) is 52.5 Å². The van der Waals surface area contributed by atoms with Gasteiger partial charge < -0.3 is 19.1 Å². The third-order valence-corrected chi connectivity index (χ3v) is 7.08. The summed E-state index contributed by atoms with van der Waals surface area (Å²) in [4.78, 5) is 26.9. The van der Waals surface area contributed by atoms with Gasteiger partial charge in [0.05, 0.1) is 35.3 Å². The van der Waals surface area contributed by atoms with E-state index in [1.807, 2.05) is 13.8 Å². The van der Waals surface area contributed by atoms with E-state index in [1.54, 1.807) is 6.92 Å². The lowest BCUT2D eigenvalue weighted by Crippen LogP contribution is -2.43. The fourth-order valence-electron chi connectivity index (χ4n) is 3.45. The lowest BCUT2D eigenvalue weighted by atomic mass is 10.2. The summed E-state index contributed by atoms with van der Waals surface area (Å²) >= 11 is 6.29. The molecule has 1 atom stereocenters. The van der Waals surface area contributed by atoms with E-state index in [9.17, 15) is 18.0 Å². The Morgan fingerprint density at radius 1 is 1.16 bits per heavy atom. The van der Waals surface area contributed by atoms with Crippen LogP contribution in [0.25, 0.3) is 0 Å². The van der Waals surface area contributed by atoms with Gasteiger partial charge in [-0.05, 0) is 38.3 Å². The smallest absolute Gasteiger partial charge is 0.338 e. The molecule has 1 amide bonds. The summed E-state index contributed by atoms with van der Waals surface area (Å²) in [6.45, 7) is 6.50. The predicted octanol–water partition coefficient (Wildman–Crippen LogP) is 3.50. The number of hydrogen-bond acceptors (Lipinski definition) is 7. The fraction of sp³-hybridized carbons (Fsp3) is 0.636. The lowest BCUT2D eigenvalue weighted by molar-refractivity contribution is -0.136. The van der Waals surface area contributed by atoms with Gasteiger partial charge in [0.25, 0.3) is 5.91 Å². The van der Waals surface area contributed by atoms with Crippen LogP contribution in [0.15, 0.2) is 12.1 Å². The second kappa shape index (κ2) is 12.3. The Labute approximate surface area is 195 Å². The van der Waals surface area contributed by atoms with Gasteiger partial charge >= 0.3 is 5.97 Å². The molecule has 0 radical (unpaired) electrons. The van der Waals surface area contributed by atoms with Crippen molar-refractivity contribution in [3.8, 4) is 11.5 Å². The Bertz CT molecular complexity index is 904. The molecule has 32 heavy (non-hydrogen) atoms. The molecule has 0 spiro atoms. The van der Waals surface area contributed by atoms with Crippen LogP contribution in [0.4, 0.5) is 0 Å². The molecule has 0 aromatic heterocycles. The third-order valence-electron chi connectivity index (χ3n) is 5.04. The van der Waals surface area contributed by atoms with Crippen molar-refractivity contribution in [2.75, 3.05) is 37.9 Å². The number of carbonyl (C=O) groups is 2. The number of sulfone groups is 1. The van der Waals surface area contributed by atoms with Crippen molar-refractivity contribution in [3.63, 3.8) is 0 Å². The molecule has 1 unspecified atom stereocenters. The maximum absolute atomic E-state index is 12.8. The molecule has 1 aliphatic heterocycles. The third kappa shape index (κ3) is 7.27. The molecule has 0 N–H and O–H groups in total. The Hall–Kier alpha value is -2.00. The Morgan fingerprint density at radius 3 is 2.50 bits per heavy atom. The number of carbonyl (C=O) groups excluding carboxylic acids is 2. The summed E-state index contributed by atoms with van der Waals surface area (Å²) in [5, 5.41) is 0.211. The molecule has 1 fully saturated rings. The fourth-order valence-corrected chi connectivity index (χ4v) is 5.44. The molecule has 0 aliphatic carbocycles. The lowest BCUT2D eigenvalue weighted by Gasteiger charge is -2.28. The zero-order valence-corrected chi connectivity index (χ0v) is 20.5. The van der Waals surface area contributed by atoms with Gasteiger partial charge in [0.2, 0.25) is 0 Å². The molecule has 1 aromatic carbocycles. The van der Waals surface area contributed by atoms with Crippen molar-refractivity contribution < 1.29 is 32.2 Å². The molecular weight excluding hydrogens is 458 g/mol. The molecule has 2 rings (SSSR count). The molecule has 0 bridgehead atoms. The van der Waals surface area contributed by atoms with Gasteiger partial charge in [-0.2, -0.15) is 0 Å². The number of esters is 1.